The lowest BCUT2D eigenvalue weighted by atomic mass is 10.1. The molecule has 1 atom stereocenters. The van der Waals surface area contributed by atoms with Crippen LogP contribution >= 0.6 is 0 Å². The first-order valence-electron chi connectivity index (χ1n) is 9.66. The van der Waals surface area contributed by atoms with E-state index in [0.29, 0.717) is 28.6 Å². The molecule has 9 heteroatoms. The van der Waals surface area contributed by atoms with E-state index in [0.717, 1.165) is 16.6 Å². The summed E-state index contributed by atoms with van der Waals surface area (Å²) in [7, 11) is 1.60. The molecule has 2 aromatic carbocycles. The minimum absolute atomic E-state index is 0.129. The third-order valence-corrected chi connectivity index (χ3v) is 5.26. The summed E-state index contributed by atoms with van der Waals surface area (Å²) >= 11 is 0. The van der Waals surface area contributed by atoms with Crippen LogP contribution in [0.2, 0.25) is 0 Å². The zero-order valence-corrected chi connectivity index (χ0v) is 16.9. The summed E-state index contributed by atoms with van der Waals surface area (Å²) in [4.78, 5) is 19.4. The number of benzene rings is 2. The van der Waals surface area contributed by atoms with Gasteiger partial charge in [0.15, 0.2) is 0 Å². The Morgan fingerprint density at radius 3 is 2.81 bits per heavy atom. The first-order chi connectivity index (χ1) is 15.0. The molecular weight excluding hydrogens is 396 g/mol. The number of aryl methyl sites for hydroxylation is 1. The fraction of sp³-hybridized carbons (Fsp3) is 0.136. The predicted molar refractivity (Wildman–Crippen MR) is 118 cm³/mol. The Kier molecular flexibility index (Phi) is 4.45. The van der Waals surface area contributed by atoms with Gasteiger partial charge in [-0.2, -0.15) is 10.1 Å². The number of fused-ring (bicyclic) bond motifs is 2. The molecule has 0 spiro atoms. The number of hydrogen-bond acceptors (Lipinski definition) is 7. The molecule has 1 aliphatic rings. The number of furan rings is 1. The number of amides is 1. The molecule has 3 heterocycles. The van der Waals surface area contributed by atoms with Crippen LogP contribution in [0.25, 0.3) is 10.9 Å². The molecule has 4 N–H and O–H groups in total. The van der Waals surface area contributed by atoms with Crippen LogP contribution in [-0.2, 0) is 4.79 Å². The van der Waals surface area contributed by atoms with Crippen LogP contribution in [-0.4, -0.2) is 29.0 Å². The van der Waals surface area contributed by atoms with E-state index < -0.39 is 12.1 Å². The number of amidine groups is 1. The number of carbonyl (C=O) groups is 1. The number of aliphatic imine (C=N–C) groups is 1. The van der Waals surface area contributed by atoms with Crippen LogP contribution in [0.1, 0.15) is 17.4 Å². The number of methoxy groups -OCH3 is 1. The number of H-pyrrole nitrogens is 1. The van der Waals surface area contributed by atoms with Gasteiger partial charge in [0.1, 0.15) is 11.9 Å². The number of rotatable bonds is 4. The number of ether oxygens (including phenoxy) is 1. The lowest BCUT2D eigenvalue weighted by molar-refractivity contribution is -0.110. The number of nitrogens with two attached hydrogens (primary N) is 1. The van der Waals surface area contributed by atoms with Gasteiger partial charge in [-0.3, -0.25) is 9.89 Å². The maximum absolute atomic E-state index is 13.3. The maximum atomic E-state index is 13.3. The molecule has 0 bridgehead atoms. The summed E-state index contributed by atoms with van der Waals surface area (Å²) in [5.41, 5.74) is 10.3. The second kappa shape index (κ2) is 7.29. The van der Waals surface area contributed by atoms with Gasteiger partial charge < -0.3 is 25.1 Å². The number of aromatic amines is 1. The van der Waals surface area contributed by atoms with E-state index in [-0.39, 0.29) is 5.84 Å². The Morgan fingerprint density at radius 2 is 2.03 bits per heavy atom. The zero-order valence-electron chi connectivity index (χ0n) is 16.9. The van der Waals surface area contributed by atoms with Crippen molar-refractivity contribution in [2.24, 2.45) is 10.7 Å². The van der Waals surface area contributed by atoms with Gasteiger partial charge in [-0.25, -0.2) is 0 Å². The van der Waals surface area contributed by atoms with Gasteiger partial charge in [-0.05, 0) is 55.5 Å². The quantitative estimate of drug-likeness (QED) is 0.467. The second-order valence-electron chi connectivity index (χ2n) is 7.16. The second-order valence-corrected chi connectivity index (χ2v) is 7.16. The summed E-state index contributed by atoms with van der Waals surface area (Å²) in [5, 5.41) is 11.0. The number of carbonyl (C=O) groups excluding carboxylic acids is 1. The lowest BCUT2D eigenvalue weighted by Crippen LogP contribution is -2.47. The topological polar surface area (TPSA) is 122 Å². The Labute approximate surface area is 177 Å². The van der Waals surface area contributed by atoms with Gasteiger partial charge in [0.2, 0.25) is 11.7 Å². The zero-order chi connectivity index (χ0) is 21.5. The van der Waals surface area contributed by atoms with Crippen molar-refractivity contribution in [2.75, 3.05) is 17.3 Å². The number of nitrogens with one attached hydrogen (secondary N) is 2. The average molecular weight is 416 g/mol. The first-order valence-corrected chi connectivity index (χ1v) is 9.66. The molecule has 0 aliphatic carbocycles. The van der Waals surface area contributed by atoms with Gasteiger partial charge in [0.05, 0.1) is 24.5 Å². The molecule has 31 heavy (non-hydrogen) atoms. The summed E-state index contributed by atoms with van der Waals surface area (Å²) in [6, 6.07) is 14.5. The molecule has 0 fully saturated rings. The molecule has 156 valence electrons. The number of anilines is 2. The fourth-order valence-corrected chi connectivity index (χ4v) is 3.64. The number of aromatic nitrogens is 2. The van der Waals surface area contributed by atoms with Crippen LogP contribution in [0.5, 0.6) is 5.75 Å². The Hall–Kier alpha value is -4.11. The van der Waals surface area contributed by atoms with Crippen molar-refractivity contribution in [2.45, 2.75) is 13.1 Å². The predicted octanol–water partition coefficient (Wildman–Crippen LogP) is 3.62. The lowest BCUT2D eigenvalue weighted by Gasteiger charge is -2.33. The molecule has 9 nitrogen and oxygen atoms in total. The highest BCUT2D eigenvalue weighted by atomic mass is 16.5. The van der Waals surface area contributed by atoms with Crippen molar-refractivity contribution in [3.05, 3.63) is 66.1 Å². The Morgan fingerprint density at radius 1 is 1.23 bits per heavy atom. The van der Waals surface area contributed by atoms with Crippen LogP contribution in [0.15, 0.2) is 64.2 Å². The van der Waals surface area contributed by atoms with E-state index in [1.807, 2.05) is 31.2 Å². The fourth-order valence-electron chi connectivity index (χ4n) is 3.64. The summed E-state index contributed by atoms with van der Waals surface area (Å²) in [6.07, 6.45) is 0.871. The summed E-state index contributed by atoms with van der Waals surface area (Å²) in [6.45, 7) is 1.93. The Balaban J connectivity index is 1.52. The van der Waals surface area contributed by atoms with Crippen LogP contribution < -0.4 is 20.7 Å². The highest BCUT2D eigenvalue weighted by Crippen LogP contribution is 2.36. The highest BCUT2D eigenvalue weighted by Gasteiger charge is 2.34. The van der Waals surface area contributed by atoms with Gasteiger partial charge in [0, 0.05) is 22.5 Å². The largest absolute Gasteiger partial charge is 0.497 e. The van der Waals surface area contributed by atoms with Crippen molar-refractivity contribution >= 4 is 39.9 Å². The first kappa shape index (κ1) is 18.9. The van der Waals surface area contributed by atoms with Crippen molar-refractivity contribution in [3.8, 4) is 5.75 Å². The highest BCUT2D eigenvalue weighted by molar-refractivity contribution is 6.47. The van der Waals surface area contributed by atoms with Crippen molar-refractivity contribution in [1.29, 1.82) is 0 Å². The molecular formula is C22H20N6O3. The molecule has 4 aromatic rings. The van der Waals surface area contributed by atoms with E-state index in [1.54, 1.807) is 36.3 Å². The van der Waals surface area contributed by atoms with Gasteiger partial charge >= 0.3 is 0 Å². The van der Waals surface area contributed by atoms with E-state index in [4.69, 9.17) is 14.9 Å². The summed E-state index contributed by atoms with van der Waals surface area (Å²) < 4.78 is 10.7. The van der Waals surface area contributed by atoms with Gasteiger partial charge in [-0.15, -0.1) is 0 Å². The maximum Gasteiger partial charge on any atom is 0.291 e. The molecule has 5 rings (SSSR count). The Bertz CT molecular complexity index is 1300. The van der Waals surface area contributed by atoms with Gasteiger partial charge in [0.25, 0.3) is 5.91 Å². The van der Waals surface area contributed by atoms with Crippen LogP contribution in [0.4, 0.5) is 17.3 Å². The standard InChI is InChI=1S/C22H20N6O3/c1-12-17-11-13(3-8-18(17)27-26-12)24-21(29)20-25-22-16(9-10-31-22)19(23)28(20)14-4-6-15(30-2)7-5-14/h3-11,19H,23H2,1-2H3,(H,24,29)(H,26,27). The molecule has 0 radical (unpaired) electrons. The number of hydrogen-bond donors (Lipinski definition) is 3. The smallest absolute Gasteiger partial charge is 0.291 e. The SMILES string of the molecule is COc1ccc(N2C(C(=O)Nc3ccc4n[nH]c(C)c4c3)=Nc3occc3C2N)cc1. The molecule has 1 unspecified atom stereocenters. The van der Waals surface area contributed by atoms with E-state index >= 15 is 0 Å². The normalized spacial score (nSPS) is 15.5. The summed E-state index contributed by atoms with van der Waals surface area (Å²) in [5.74, 6) is 0.742. The monoisotopic (exact) mass is 416 g/mol. The van der Waals surface area contributed by atoms with Gasteiger partial charge in [-0.1, -0.05) is 0 Å². The molecule has 0 saturated heterocycles. The van der Waals surface area contributed by atoms with Crippen molar-refractivity contribution in [1.82, 2.24) is 10.2 Å². The van der Waals surface area contributed by atoms with Crippen LogP contribution in [0.3, 0.4) is 0 Å². The average Bonchev–Trinajstić information content (AvgIpc) is 3.41. The molecule has 1 aliphatic heterocycles. The molecule has 0 saturated carbocycles. The van der Waals surface area contributed by atoms with E-state index in [1.165, 1.54) is 6.26 Å². The number of nitrogens with zero attached hydrogens (tertiary/aromatic N) is 3. The minimum Gasteiger partial charge on any atom is -0.497 e. The van der Waals surface area contributed by atoms with Crippen molar-refractivity contribution in [3.63, 3.8) is 0 Å². The third kappa shape index (κ3) is 3.21. The molecule has 1 amide bonds. The van der Waals surface area contributed by atoms with E-state index in [9.17, 15) is 4.79 Å². The minimum atomic E-state index is -0.640. The van der Waals surface area contributed by atoms with Crippen LogP contribution in [0, 0.1) is 6.92 Å². The molecule has 2 aromatic heterocycles. The van der Waals surface area contributed by atoms with Crippen molar-refractivity contribution < 1.29 is 13.9 Å². The van der Waals surface area contributed by atoms with E-state index in [2.05, 4.69) is 20.5 Å². The third-order valence-electron chi connectivity index (χ3n) is 5.26.